The van der Waals surface area contributed by atoms with Gasteiger partial charge in [0.05, 0.1) is 24.7 Å². The Morgan fingerprint density at radius 2 is 1.94 bits per heavy atom. The Morgan fingerprint density at radius 3 is 2.65 bits per heavy atom. The lowest BCUT2D eigenvalue weighted by Gasteiger charge is -2.33. The van der Waals surface area contributed by atoms with Crippen molar-refractivity contribution in [1.82, 2.24) is 14.9 Å². The Bertz CT molecular complexity index is 944. The van der Waals surface area contributed by atoms with Crippen molar-refractivity contribution in [2.24, 2.45) is 5.41 Å². The molecule has 0 bridgehead atoms. The van der Waals surface area contributed by atoms with Crippen molar-refractivity contribution in [2.45, 2.75) is 32.9 Å². The molecule has 0 saturated heterocycles. The van der Waals surface area contributed by atoms with Crippen molar-refractivity contribution < 1.29 is 14.6 Å². The number of amides is 2. The molecule has 0 radical (unpaired) electrons. The Labute approximate surface area is 183 Å². The Morgan fingerprint density at radius 1 is 1.19 bits per heavy atom. The van der Waals surface area contributed by atoms with E-state index in [1.165, 1.54) is 0 Å². The number of anilines is 1. The maximum absolute atomic E-state index is 12.6. The van der Waals surface area contributed by atoms with Gasteiger partial charge in [-0.3, -0.25) is 0 Å². The van der Waals surface area contributed by atoms with Gasteiger partial charge in [0.15, 0.2) is 0 Å². The first-order valence-electron chi connectivity index (χ1n) is 10.4. The van der Waals surface area contributed by atoms with Crippen LogP contribution >= 0.6 is 0 Å². The second-order valence-electron chi connectivity index (χ2n) is 7.95. The van der Waals surface area contributed by atoms with Gasteiger partial charge in [-0.2, -0.15) is 0 Å². The van der Waals surface area contributed by atoms with Crippen LogP contribution in [0.3, 0.4) is 0 Å². The second-order valence-corrected chi connectivity index (χ2v) is 7.95. The van der Waals surface area contributed by atoms with Gasteiger partial charge in [0.1, 0.15) is 12.4 Å². The summed E-state index contributed by atoms with van der Waals surface area (Å²) in [4.78, 5) is 16.6. The number of carbonyl (C=O) groups excluding carboxylic acids is 1. The van der Waals surface area contributed by atoms with Crippen LogP contribution in [0.1, 0.15) is 19.4 Å². The SMILES string of the molecule is CC(O)C(C)(CNC(=O)Nc1ccccc1OCCn1ccnc1)Cc1ccccc1. The molecular weight excluding hydrogens is 392 g/mol. The molecule has 2 unspecified atom stereocenters. The van der Waals surface area contributed by atoms with Gasteiger partial charge in [0, 0.05) is 24.4 Å². The highest BCUT2D eigenvalue weighted by Gasteiger charge is 2.31. The number of imidazole rings is 1. The molecule has 164 valence electrons. The van der Waals surface area contributed by atoms with Gasteiger partial charge in [-0.05, 0) is 31.0 Å². The van der Waals surface area contributed by atoms with Crippen LogP contribution in [0.5, 0.6) is 5.75 Å². The van der Waals surface area contributed by atoms with Crippen molar-refractivity contribution in [2.75, 3.05) is 18.5 Å². The number of aliphatic hydroxyl groups excluding tert-OH is 1. The number of hydrogen-bond acceptors (Lipinski definition) is 4. The molecule has 0 aliphatic rings. The van der Waals surface area contributed by atoms with Gasteiger partial charge in [-0.1, -0.05) is 49.4 Å². The number of carbonyl (C=O) groups is 1. The van der Waals surface area contributed by atoms with Crippen LogP contribution in [0.4, 0.5) is 10.5 Å². The topological polar surface area (TPSA) is 88.4 Å². The summed E-state index contributed by atoms with van der Waals surface area (Å²) in [5, 5.41) is 16.1. The average Bonchev–Trinajstić information content (AvgIpc) is 3.28. The number of aliphatic hydroxyl groups is 1. The van der Waals surface area contributed by atoms with Gasteiger partial charge >= 0.3 is 6.03 Å². The third kappa shape index (κ3) is 6.58. The Kier molecular flexibility index (Phi) is 7.67. The number of ether oxygens (including phenoxy) is 1. The number of para-hydroxylation sites is 2. The molecule has 2 amide bonds. The lowest BCUT2D eigenvalue weighted by molar-refractivity contribution is 0.0544. The number of benzene rings is 2. The Hall–Kier alpha value is -3.32. The number of nitrogens with zero attached hydrogens (tertiary/aromatic N) is 2. The average molecular weight is 423 g/mol. The molecule has 31 heavy (non-hydrogen) atoms. The van der Waals surface area contributed by atoms with E-state index in [2.05, 4.69) is 15.6 Å². The maximum Gasteiger partial charge on any atom is 0.319 e. The van der Waals surface area contributed by atoms with E-state index in [4.69, 9.17) is 4.74 Å². The predicted octanol–water partition coefficient (Wildman–Crippen LogP) is 3.71. The number of urea groups is 1. The quantitative estimate of drug-likeness (QED) is 0.465. The summed E-state index contributed by atoms with van der Waals surface area (Å²) < 4.78 is 7.77. The molecule has 2 atom stereocenters. The normalized spacial score (nSPS) is 13.8. The summed E-state index contributed by atoms with van der Waals surface area (Å²) in [6.07, 6.45) is 5.38. The molecule has 0 fully saturated rings. The first-order valence-corrected chi connectivity index (χ1v) is 10.4. The maximum atomic E-state index is 12.6. The molecule has 3 aromatic rings. The molecule has 0 aliphatic heterocycles. The third-order valence-electron chi connectivity index (χ3n) is 5.41. The molecule has 3 rings (SSSR count). The smallest absolute Gasteiger partial charge is 0.319 e. The van der Waals surface area contributed by atoms with Crippen LogP contribution in [0.25, 0.3) is 0 Å². The molecular formula is C24H30N4O3. The van der Waals surface area contributed by atoms with Crippen molar-refractivity contribution in [3.8, 4) is 5.75 Å². The minimum atomic E-state index is -0.591. The zero-order chi connectivity index (χ0) is 22.1. The van der Waals surface area contributed by atoms with Gasteiger partial charge in [0.25, 0.3) is 0 Å². The number of nitrogens with one attached hydrogen (secondary N) is 2. The highest BCUT2D eigenvalue weighted by Crippen LogP contribution is 2.27. The molecule has 1 heterocycles. The van der Waals surface area contributed by atoms with E-state index < -0.39 is 11.5 Å². The molecule has 7 heteroatoms. The number of aromatic nitrogens is 2. The monoisotopic (exact) mass is 422 g/mol. The summed E-state index contributed by atoms with van der Waals surface area (Å²) in [5.41, 5.74) is 1.21. The minimum absolute atomic E-state index is 0.328. The zero-order valence-corrected chi connectivity index (χ0v) is 18.0. The highest BCUT2D eigenvalue weighted by atomic mass is 16.5. The van der Waals surface area contributed by atoms with Crippen molar-refractivity contribution >= 4 is 11.7 Å². The fraction of sp³-hybridized carbons (Fsp3) is 0.333. The van der Waals surface area contributed by atoms with Gasteiger partial charge in [0.2, 0.25) is 0 Å². The van der Waals surface area contributed by atoms with E-state index in [0.29, 0.717) is 37.6 Å². The van der Waals surface area contributed by atoms with Crippen molar-refractivity contribution in [3.05, 3.63) is 78.9 Å². The molecule has 0 aliphatic carbocycles. The molecule has 0 saturated carbocycles. The summed E-state index contributed by atoms with van der Waals surface area (Å²) in [6.45, 7) is 5.17. The van der Waals surface area contributed by atoms with E-state index in [-0.39, 0.29) is 6.03 Å². The van der Waals surface area contributed by atoms with E-state index in [1.54, 1.807) is 25.5 Å². The summed E-state index contributed by atoms with van der Waals surface area (Å²) in [7, 11) is 0. The fourth-order valence-corrected chi connectivity index (χ4v) is 3.24. The highest BCUT2D eigenvalue weighted by molar-refractivity contribution is 5.90. The van der Waals surface area contributed by atoms with Crippen molar-refractivity contribution in [3.63, 3.8) is 0 Å². The second kappa shape index (κ2) is 10.6. The molecule has 2 aromatic carbocycles. The first-order chi connectivity index (χ1) is 15.0. The fourth-order valence-electron chi connectivity index (χ4n) is 3.24. The van der Waals surface area contributed by atoms with E-state index in [9.17, 15) is 9.90 Å². The van der Waals surface area contributed by atoms with Crippen LogP contribution in [-0.2, 0) is 13.0 Å². The van der Waals surface area contributed by atoms with Crippen LogP contribution in [0.2, 0.25) is 0 Å². The van der Waals surface area contributed by atoms with Gasteiger partial charge < -0.3 is 25.0 Å². The molecule has 3 N–H and O–H groups in total. The van der Waals surface area contributed by atoms with Crippen LogP contribution in [0, 0.1) is 5.41 Å². The molecule has 1 aromatic heterocycles. The molecule has 0 spiro atoms. The van der Waals surface area contributed by atoms with Crippen LogP contribution in [0.15, 0.2) is 73.3 Å². The van der Waals surface area contributed by atoms with Gasteiger partial charge in [-0.15, -0.1) is 0 Å². The minimum Gasteiger partial charge on any atom is -0.490 e. The lowest BCUT2D eigenvalue weighted by atomic mass is 9.79. The predicted molar refractivity (Wildman–Crippen MR) is 121 cm³/mol. The third-order valence-corrected chi connectivity index (χ3v) is 5.41. The number of rotatable bonds is 10. The van der Waals surface area contributed by atoms with Crippen LogP contribution in [-0.4, -0.2) is 39.9 Å². The standard InChI is InChI=1S/C24H30N4O3/c1-19(29)24(2,16-20-8-4-3-5-9-20)17-26-23(30)27-21-10-6-7-11-22(21)31-15-14-28-13-12-25-18-28/h3-13,18-19,29H,14-17H2,1-2H3,(H2,26,27,30). The largest absolute Gasteiger partial charge is 0.490 e. The molecule has 7 nitrogen and oxygen atoms in total. The van der Waals surface area contributed by atoms with Crippen molar-refractivity contribution in [1.29, 1.82) is 0 Å². The van der Waals surface area contributed by atoms with E-state index in [1.807, 2.05) is 66.2 Å². The lowest BCUT2D eigenvalue weighted by Crippen LogP contribution is -2.45. The summed E-state index contributed by atoms with van der Waals surface area (Å²) >= 11 is 0. The Balaban J connectivity index is 1.55. The summed E-state index contributed by atoms with van der Waals surface area (Å²) in [5.74, 6) is 0.598. The number of hydrogen-bond donors (Lipinski definition) is 3. The zero-order valence-electron chi connectivity index (χ0n) is 18.0. The van der Waals surface area contributed by atoms with E-state index >= 15 is 0 Å². The van der Waals surface area contributed by atoms with E-state index in [0.717, 1.165) is 5.56 Å². The first kappa shape index (κ1) is 22.4. The summed E-state index contributed by atoms with van der Waals surface area (Å²) in [6, 6.07) is 16.9. The van der Waals surface area contributed by atoms with Crippen LogP contribution < -0.4 is 15.4 Å². The van der Waals surface area contributed by atoms with Gasteiger partial charge in [-0.25, -0.2) is 9.78 Å².